The zero-order valence-corrected chi connectivity index (χ0v) is 14.1. The molecule has 0 N–H and O–H groups in total. The monoisotopic (exact) mass is 333 g/mol. The smallest absolute Gasteiger partial charge is 0.233 e. The third-order valence-electron chi connectivity index (χ3n) is 4.49. The summed E-state index contributed by atoms with van der Waals surface area (Å²) in [6.07, 6.45) is 3.86. The number of fused-ring (bicyclic) bond motifs is 1. The van der Waals surface area contributed by atoms with Crippen LogP contribution in [0.5, 0.6) is 0 Å². The van der Waals surface area contributed by atoms with Crippen LogP contribution in [0.4, 0.5) is 5.69 Å². The van der Waals surface area contributed by atoms with E-state index in [4.69, 9.17) is 4.42 Å². The number of hydrogen-bond acceptors (Lipinski definition) is 4. The number of pyridine rings is 1. The van der Waals surface area contributed by atoms with Gasteiger partial charge in [0.05, 0.1) is 23.5 Å². The maximum atomic E-state index is 12.8. The largest absolute Gasteiger partial charge is 0.441 e. The van der Waals surface area contributed by atoms with Gasteiger partial charge >= 0.3 is 0 Å². The molecule has 25 heavy (non-hydrogen) atoms. The van der Waals surface area contributed by atoms with Crippen LogP contribution < -0.4 is 4.90 Å². The minimum atomic E-state index is 0.0324. The number of benzene rings is 1. The molecule has 0 saturated carbocycles. The molecule has 0 bridgehead atoms. The van der Waals surface area contributed by atoms with Gasteiger partial charge in [0.25, 0.3) is 0 Å². The van der Waals surface area contributed by atoms with E-state index in [0.717, 1.165) is 36.3 Å². The summed E-state index contributed by atoms with van der Waals surface area (Å²) in [5.74, 6) is 1.28. The number of amides is 1. The number of carbonyl (C=O) groups excluding carboxylic acids is 1. The Kier molecular flexibility index (Phi) is 4.06. The highest BCUT2D eigenvalue weighted by atomic mass is 16.4. The van der Waals surface area contributed by atoms with Crippen molar-refractivity contribution in [1.82, 2.24) is 9.97 Å². The van der Waals surface area contributed by atoms with Crippen LogP contribution in [0.2, 0.25) is 0 Å². The maximum Gasteiger partial charge on any atom is 0.233 e. The van der Waals surface area contributed by atoms with Gasteiger partial charge in [-0.1, -0.05) is 18.2 Å². The van der Waals surface area contributed by atoms with Gasteiger partial charge in [0, 0.05) is 18.3 Å². The van der Waals surface area contributed by atoms with E-state index in [1.54, 1.807) is 6.20 Å². The molecule has 1 aromatic carbocycles. The fourth-order valence-electron chi connectivity index (χ4n) is 3.19. The van der Waals surface area contributed by atoms with E-state index in [-0.39, 0.29) is 12.3 Å². The molecule has 1 aliphatic heterocycles. The average molecular weight is 333 g/mol. The average Bonchev–Trinajstić information content (AvgIpc) is 3.02. The van der Waals surface area contributed by atoms with Crippen LogP contribution in [0.1, 0.15) is 23.6 Å². The molecule has 0 fully saturated rings. The number of oxazole rings is 1. The van der Waals surface area contributed by atoms with Crippen molar-refractivity contribution in [3.63, 3.8) is 0 Å². The highest BCUT2D eigenvalue weighted by Gasteiger charge is 2.25. The van der Waals surface area contributed by atoms with Crippen molar-refractivity contribution >= 4 is 11.6 Å². The molecule has 0 radical (unpaired) electrons. The topological polar surface area (TPSA) is 59.2 Å². The Morgan fingerprint density at radius 2 is 2.04 bits per heavy atom. The second kappa shape index (κ2) is 6.51. The Morgan fingerprint density at radius 3 is 2.88 bits per heavy atom. The van der Waals surface area contributed by atoms with Crippen molar-refractivity contribution in [2.45, 2.75) is 26.2 Å². The van der Waals surface area contributed by atoms with Crippen LogP contribution in [0.15, 0.2) is 53.1 Å². The van der Waals surface area contributed by atoms with Gasteiger partial charge in [-0.15, -0.1) is 0 Å². The van der Waals surface area contributed by atoms with Gasteiger partial charge in [-0.2, -0.15) is 0 Å². The van der Waals surface area contributed by atoms with Gasteiger partial charge in [0.1, 0.15) is 5.76 Å². The fraction of sp³-hybridized carbons (Fsp3) is 0.250. The van der Waals surface area contributed by atoms with Crippen molar-refractivity contribution in [3.8, 4) is 11.5 Å². The molecule has 0 unspecified atom stereocenters. The van der Waals surface area contributed by atoms with E-state index < -0.39 is 0 Å². The second-order valence-electron chi connectivity index (χ2n) is 6.18. The second-order valence-corrected chi connectivity index (χ2v) is 6.18. The predicted molar refractivity (Wildman–Crippen MR) is 95.3 cm³/mol. The molecular formula is C20H19N3O2. The summed E-state index contributed by atoms with van der Waals surface area (Å²) >= 11 is 0. The third kappa shape index (κ3) is 3.05. The van der Waals surface area contributed by atoms with Crippen LogP contribution >= 0.6 is 0 Å². The number of anilines is 1. The quantitative estimate of drug-likeness (QED) is 0.735. The number of aromatic nitrogens is 2. The standard InChI is InChI=1S/C20H19N3O2/c1-14-17(22-20(25-14)15-7-3-2-4-8-15)13-19(24)23-12-6-9-16-18(23)10-5-11-21-16/h2-5,7-8,10-11H,6,9,12-13H2,1H3. The van der Waals surface area contributed by atoms with Crippen molar-refractivity contribution in [2.75, 3.05) is 11.4 Å². The summed E-state index contributed by atoms with van der Waals surface area (Å²) < 4.78 is 5.76. The third-order valence-corrected chi connectivity index (χ3v) is 4.49. The Morgan fingerprint density at radius 1 is 1.20 bits per heavy atom. The number of carbonyl (C=O) groups is 1. The Hall–Kier alpha value is -2.95. The summed E-state index contributed by atoms with van der Waals surface area (Å²) in [5.41, 5.74) is 3.52. The molecule has 0 atom stereocenters. The molecular weight excluding hydrogens is 314 g/mol. The first kappa shape index (κ1) is 15.6. The van der Waals surface area contributed by atoms with Crippen molar-refractivity contribution in [1.29, 1.82) is 0 Å². The number of hydrogen-bond donors (Lipinski definition) is 0. The Balaban J connectivity index is 1.57. The first-order chi connectivity index (χ1) is 12.2. The minimum Gasteiger partial charge on any atom is -0.441 e. The van der Waals surface area contributed by atoms with Gasteiger partial charge in [-0.05, 0) is 44.0 Å². The van der Waals surface area contributed by atoms with E-state index in [1.165, 1.54) is 0 Å². The normalized spacial score (nSPS) is 13.6. The molecule has 0 spiro atoms. The van der Waals surface area contributed by atoms with Gasteiger partial charge in [-0.3, -0.25) is 9.78 Å². The lowest BCUT2D eigenvalue weighted by molar-refractivity contribution is -0.118. The molecule has 5 nitrogen and oxygen atoms in total. The molecule has 5 heteroatoms. The van der Waals surface area contributed by atoms with Crippen LogP contribution in [0, 0.1) is 6.92 Å². The first-order valence-electron chi connectivity index (χ1n) is 8.48. The van der Waals surface area contributed by atoms with Crippen molar-refractivity contribution in [3.05, 3.63) is 65.8 Å². The van der Waals surface area contributed by atoms with Crippen LogP contribution in [0.3, 0.4) is 0 Å². The van der Waals surface area contributed by atoms with Crippen molar-refractivity contribution in [2.24, 2.45) is 0 Å². The predicted octanol–water partition coefficient (Wildman–Crippen LogP) is 3.57. The molecule has 1 amide bonds. The summed E-state index contributed by atoms with van der Waals surface area (Å²) in [5, 5.41) is 0. The van der Waals surface area contributed by atoms with Crippen LogP contribution in [0.25, 0.3) is 11.5 Å². The van der Waals surface area contributed by atoms with E-state index >= 15 is 0 Å². The molecule has 0 saturated heterocycles. The molecule has 2 aromatic heterocycles. The highest BCUT2D eigenvalue weighted by molar-refractivity contribution is 5.95. The summed E-state index contributed by atoms with van der Waals surface area (Å²) in [7, 11) is 0. The number of aryl methyl sites for hydroxylation is 2. The van der Waals surface area contributed by atoms with Gasteiger partial charge in [0.15, 0.2) is 0 Å². The number of rotatable bonds is 3. The summed E-state index contributed by atoms with van der Waals surface area (Å²) in [6, 6.07) is 13.6. The lowest BCUT2D eigenvalue weighted by Crippen LogP contribution is -2.37. The molecule has 1 aliphatic rings. The fourth-order valence-corrected chi connectivity index (χ4v) is 3.19. The van der Waals surface area contributed by atoms with Crippen LogP contribution in [-0.4, -0.2) is 22.4 Å². The zero-order chi connectivity index (χ0) is 17.2. The van der Waals surface area contributed by atoms with Crippen LogP contribution in [-0.2, 0) is 17.6 Å². The highest BCUT2D eigenvalue weighted by Crippen LogP contribution is 2.27. The SMILES string of the molecule is Cc1oc(-c2ccccc2)nc1CC(=O)N1CCCc2ncccc21. The maximum absolute atomic E-state index is 12.8. The first-order valence-corrected chi connectivity index (χ1v) is 8.48. The summed E-state index contributed by atoms with van der Waals surface area (Å²) in [6.45, 7) is 2.58. The summed E-state index contributed by atoms with van der Waals surface area (Å²) in [4.78, 5) is 23.6. The molecule has 3 aromatic rings. The molecule has 3 heterocycles. The Bertz CT molecular complexity index is 902. The lowest BCUT2D eigenvalue weighted by atomic mass is 10.1. The Labute approximate surface area is 146 Å². The van der Waals surface area contributed by atoms with E-state index in [9.17, 15) is 4.79 Å². The zero-order valence-electron chi connectivity index (χ0n) is 14.1. The van der Waals surface area contributed by atoms with E-state index in [0.29, 0.717) is 17.3 Å². The minimum absolute atomic E-state index is 0.0324. The van der Waals surface area contributed by atoms with Gasteiger partial charge in [0.2, 0.25) is 11.8 Å². The molecule has 0 aliphatic carbocycles. The van der Waals surface area contributed by atoms with Crippen molar-refractivity contribution < 1.29 is 9.21 Å². The van der Waals surface area contributed by atoms with Gasteiger partial charge in [-0.25, -0.2) is 4.98 Å². The number of nitrogens with zero attached hydrogens (tertiary/aromatic N) is 3. The van der Waals surface area contributed by atoms with Gasteiger partial charge < -0.3 is 9.32 Å². The molecule has 126 valence electrons. The van der Waals surface area contributed by atoms with E-state index in [1.807, 2.05) is 54.3 Å². The molecule has 4 rings (SSSR count). The lowest BCUT2D eigenvalue weighted by Gasteiger charge is -2.28. The van der Waals surface area contributed by atoms with E-state index in [2.05, 4.69) is 9.97 Å².